The van der Waals surface area contributed by atoms with Crippen molar-refractivity contribution in [1.29, 1.82) is 0 Å². The average Bonchev–Trinajstić information content (AvgIpc) is 3.27. The topological polar surface area (TPSA) is 41.4 Å². The number of fused-ring (bicyclic) bond motifs is 1. The van der Waals surface area contributed by atoms with Crippen LogP contribution in [0.3, 0.4) is 0 Å². The summed E-state index contributed by atoms with van der Waals surface area (Å²) in [5, 5.41) is 1.11. The van der Waals surface area contributed by atoms with Crippen LogP contribution in [0.4, 0.5) is 5.69 Å². The third kappa shape index (κ3) is 4.06. The van der Waals surface area contributed by atoms with Gasteiger partial charge >= 0.3 is 0 Å². The number of nitrogens with zero attached hydrogens (tertiary/aromatic N) is 4. The number of pyridine rings is 1. The summed E-state index contributed by atoms with van der Waals surface area (Å²) in [6.07, 6.45) is 1.92. The van der Waals surface area contributed by atoms with Crippen LogP contribution in [-0.2, 0) is 11.3 Å². The zero-order valence-corrected chi connectivity index (χ0v) is 18.9. The van der Waals surface area contributed by atoms with E-state index in [0.717, 1.165) is 28.3 Å². The maximum Gasteiger partial charge on any atom is 0.242 e. The maximum atomic E-state index is 13.1. The Bertz CT molecular complexity index is 1220. The lowest BCUT2D eigenvalue weighted by molar-refractivity contribution is -0.132. The van der Waals surface area contributed by atoms with E-state index < -0.39 is 0 Å². The van der Waals surface area contributed by atoms with Gasteiger partial charge in [-0.15, -0.1) is 0 Å². The molecular weight excluding hydrogens is 443 g/mol. The number of hydrogen-bond acceptors (Lipinski definition) is 3. The highest BCUT2D eigenvalue weighted by Crippen LogP contribution is 2.33. The molecule has 0 saturated carbocycles. The van der Waals surface area contributed by atoms with Crippen molar-refractivity contribution >= 4 is 34.8 Å². The smallest absolute Gasteiger partial charge is 0.242 e. The first kappa shape index (κ1) is 20.9. The normalized spacial score (nSPS) is 14.2. The molecule has 0 spiro atoms. The summed E-state index contributed by atoms with van der Waals surface area (Å²) in [5.74, 6) is 0.910. The second kappa shape index (κ2) is 8.85. The van der Waals surface area contributed by atoms with E-state index in [1.165, 1.54) is 0 Å². The van der Waals surface area contributed by atoms with E-state index in [2.05, 4.69) is 11.0 Å². The minimum absolute atomic E-state index is 0.0867. The average molecular weight is 465 g/mol. The highest BCUT2D eigenvalue weighted by atomic mass is 35.5. The summed E-state index contributed by atoms with van der Waals surface area (Å²) in [6, 6.07) is 21.8. The Labute approximate surface area is 197 Å². The van der Waals surface area contributed by atoms with Crippen molar-refractivity contribution in [3.63, 3.8) is 0 Å². The summed E-state index contributed by atoms with van der Waals surface area (Å²) in [7, 11) is 0. The maximum absolute atomic E-state index is 13.1. The number of rotatable bonds is 4. The summed E-state index contributed by atoms with van der Waals surface area (Å²) in [6.45, 7) is 2.98. The molecule has 0 unspecified atom stereocenters. The molecule has 0 N–H and O–H groups in total. The van der Waals surface area contributed by atoms with Crippen LogP contribution < -0.4 is 4.90 Å². The third-order valence-corrected chi connectivity index (χ3v) is 6.68. The molecule has 5 nitrogen and oxygen atoms in total. The quantitative estimate of drug-likeness (QED) is 0.410. The van der Waals surface area contributed by atoms with Gasteiger partial charge in [0.05, 0.1) is 21.4 Å². The molecule has 2 aromatic rings. The van der Waals surface area contributed by atoms with Crippen LogP contribution in [-0.4, -0.2) is 46.5 Å². The van der Waals surface area contributed by atoms with Gasteiger partial charge < -0.3 is 14.4 Å². The number of piperazine rings is 1. The summed E-state index contributed by atoms with van der Waals surface area (Å²) in [5.41, 5.74) is 3.93. The number of benzene rings is 2. The van der Waals surface area contributed by atoms with Gasteiger partial charge in [-0.25, -0.2) is 4.98 Å². The Balaban J connectivity index is 1.29. The van der Waals surface area contributed by atoms with Gasteiger partial charge in [-0.1, -0.05) is 59.6 Å². The lowest BCUT2D eigenvalue weighted by Gasteiger charge is -2.36. The highest BCUT2D eigenvalue weighted by molar-refractivity contribution is 6.43. The number of carbonyl (C=O) groups excluding carboxylic acids is 1. The van der Waals surface area contributed by atoms with Crippen molar-refractivity contribution in [3.8, 4) is 22.6 Å². The Morgan fingerprint density at radius 2 is 1.62 bits per heavy atom. The van der Waals surface area contributed by atoms with Crippen molar-refractivity contribution in [2.45, 2.75) is 6.54 Å². The SMILES string of the molecule is O=C(Cn1cccc2cc(-c3ccccc3)nc1-2)N1CCN(c2cccc(Cl)c2Cl)CC1. The fourth-order valence-electron chi connectivity index (χ4n) is 4.16. The van der Waals surface area contributed by atoms with Crippen LogP contribution in [0.1, 0.15) is 0 Å². The number of hydrogen-bond donors (Lipinski definition) is 0. The number of amides is 1. The molecule has 32 heavy (non-hydrogen) atoms. The van der Waals surface area contributed by atoms with Crippen molar-refractivity contribution < 1.29 is 4.79 Å². The first-order valence-electron chi connectivity index (χ1n) is 10.6. The van der Waals surface area contributed by atoms with E-state index in [4.69, 9.17) is 28.2 Å². The molecule has 0 atom stereocenters. The minimum atomic E-state index is 0.0867. The van der Waals surface area contributed by atoms with Crippen LogP contribution in [0.15, 0.2) is 72.9 Å². The van der Waals surface area contributed by atoms with Gasteiger partial charge in [0.2, 0.25) is 5.91 Å². The van der Waals surface area contributed by atoms with E-state index in [-0.39, 0.29) is 12.5 Å². The molecule has 5 rings (SSSR count). The van der Waals surface area contributed by atoms with E-state index in [1.54, 1.807) is 6.07 Å². The Kier molecular flexibility index (Phi) is 5.77. The lowest BCUT2D eigenvalue weighted by Crippen LogP contribution is -2.49. The summed E-state index contributed by atoms with van der Waals surface area (Å²) < 4.78 is 1.93. The van der Waals surface area contributed by atoms with Gasteiger partial charge in [-0.3, -0.25) is 4.79 Å². The highest BCUT2D eigenvalue weighted by Gasteiger charge is 2.24. The first-order chi connectivity index (χ1) is 15.6. The van der Waals surface area contributed by atoms with E-state index in [1.807, 2.05) is 70.3 Å². The van der Waals surface area contributed by atoms with Crippen LogP contribution in [0.2, 0.25) is 10.0 Å². The summed E-state index contributed by atoms with van der Waals surface area (Å²) >= 11 is 12.5. The van der Waals surface area contributed by atoms with Gasteiger partial charge in [0.1, 0.15) is 12.4 Å². The molecule has 3 aliphatic rings. The molecule has 7 heteroatoms. The van der Waals surface area contributed by atoms with Gasteiger partial charge in [0.25, 0.3) is 0 Å². The third-order valence-electron chi connectivity index (χ3n) is 5.87. The Morgan fingerprint density at radius 1 is 0.875 bits per heavy atom. The fourth-order valence-corrected chi connectivity index (χ4v) is 4.58. The van der Waals surface area contributed by atoms with Crippen LogP contribution in [0, 0.1) is 0 Å². The summed E-state index contributed by atoms with van der Waals surface area (Å²) in [4.78, 5) is 22.0. The van der Waals surface area contributed by atoms with Crippen LogP contribution in [0.5, 0.6) is 0 Å². The van der Waals surface area contributed by atoms with E-state index >= 15 is 0 Å². The Morgan fingerprint density at radius 3 is 2.41 bits per heavy atom. The van der Waals surface area contributed by atoms with Gasteiger partial charge in [0, 0.05) is 43.5 Å². The number of anilines is 1. The van der Waals surface area contributed by atoms with Gasteiger partial charge in [0.15, 0.2) is 0 Å². The molecule has 1 saturated heterocycles. The fraction of sp³-hybridized carbons (Fsp3) is 0.200. The number of halogens is 2. The van der Waals surface area contributed by atoms with Crippen molar-refractivity contribution in [3.05, 3.63) is 83.0 Å². The molecule has 3 heterocycles. The van der Waals surface area contributed by atoms with Crippen molar-refractivity contribution in [2.75, 3.05) is 31.1 Å². The number of carbonyl (C=O) groups is 1. The van der Waals surface area contributed by atoms with Crippen LogP contribution >= 0.6 is 23.2 Å². The second-order valence-corrected chi connectivity index (χ2v) is 8.65. The predicted octanol–water partition coefficient (Wildman–Crippen LogP) is 5.31. The molecule has 1 fully saturated rings. The predicted molar refractivity (Wildman–Crippen MR) is 130 cm³/mol. The van der Waals surface area contributed by atoms with E-state index in [0.29, 0.717) is 36.2 Å². The zero-order valence-electron chi connectivity index (χ0n) is 17.4. The molecule has 0 bridgehead atoms. The number of aromatic nitrogens is 2. The zero-order chi connectivity index (χ0) is 22.1. The molecule has 0 radical (unpaired) electrons. The molecular formula is C25H22Cl2N4O. The lowest BCUT2D eigenvalue weighted by atomic mass is 10.1. The van der Waals surface area contributed by atoms with Crippen LogP contribution in [0.25, 0.3) is 22.6 Å². The molecule has 2 aromatic carbocycles. The molecule has 0 aromatic heterocycles. The first-order valence-corrected chi connectivity index (χ1v) is 11.3. The van der Waals surface area contributed by atoms with Crippen molar-refractivity contribution in [2.24, 2.45) is 0 Å². The molecule has 3 aliphatic heterocycles. The largest absolute Gasteiger partial charge is 0.367 e. The second-order valence-electron chi connectivity index (χ2n) is 7.86. The molecule has 162 valence electrons. The standard InChI is InChI=1S/C25H22Cl2N4O/c26-20-9-4-10-22(24(20)27)29-12-14-30(15-13-29)23(32)17-31-11-5-8-19-16-21(28-25(19)31)18-6-2-1-3-7-18/h1-11,16H,12-15,17H2. The molecule has 1 amide bonds. The van der Waals surface area contributed by atoms with Crippen molar-refractivity contribution in [1.82, 2.24) is 14.5 Å². The molecule has 0 aliphatic carbocycles. The van der Waals surface area contributed by atoms with Gasteiger partial charge in [-0.05, 0) is 30.3 Å². The van der Waals surface area contributed by atoms with Gasteiger partial charge in [-0.2, -0.15) is 0 Å². The van der Waals surface area contributed by atoms with E-state index in [9.17, 15) is 4.79 Å². The monoisotopic (exact) mass is 464 g/mol. The minimum Gasteiger partial charge on any atom is -0.367 e. The Hall–Kier alpha value is -3.02.